The highest BCUT2D eigenvalue weighted by Crippen LogP contribution is 2.33. The van der Waals surface area contributed by atoms with Gasteiger partial charge in [-0.2, -0.15) is 0 Å². The fraction of sp³-hybridized carbons (Fsp3) is 0.353. The number of rotatable bonds is 4. The molecule has 0 bridgehead atoms. The topological polar surface area (TPSA) is 75.8 Å². The summed E-state index contributed by atoms with van der Waals surface area (Å²) in [7, 11) is 0. The van der Waals surface area contributed by atoms with E-state index in [4.69, 9.17) is 10.5 Å². The molecule has 0 spiro atoms. The quantitative estimate of drug-likeness (QED) is 0.895. The minimum absolute atomic E-state index is 0.272. The molecule has 1 heterocycles. The molecule has 0 saturated carbocycles. The second kappa shape index (κ2) is 6.44. The highest BCUT2D eigenvalue weighted by atomic mass is 16.6. The first-order valence-electron chi connectivity index (χ1n) is 7.46. The molecule has 3 N–H and O–H groups in total. The second-order valence-corrected chi connectivity index (χ2v) is 5.53. The van der Waals surface area contributed by atoms with Gasteiger partial charge in [0.2, 0.25) is 5.91 Å². The SMILES string of the molecule is NC(=O)CCN1CCOC(O)C1c1cccc2ccccc12. The number of primary amides is 1. The van der Waals surface area contributed by atoms with E-state index in [1.54, 1.807) is 0 Å². The van der Waals surface area contributed by atoms with Gasteiger partial charge in [-0.05, 0) is 16.3 Å². The number of hydrogen-bond donors (Lipinski definition) is 2. The van der Waals surface area contributed by atoms with Gasteiger partial charge in [-0.3, -0.25) is 9.69 Å². The molecule has 22 heavy (non-hydrogen) atoms. The molecule has 1 saturated heterocycles. The van der Waals surface area contributed by atoms with Crippen LogP contribution in [0.1, 0.15) is 18.0 Å². The lowest BCUT2D eigenvalue weighted by atomic mass is 9.96. The van der Waals surface area contributed by atoms with E-state index in [1.165, 1.54) is 0 Å². The predicted octanol–water partition coefficient (Wildman–Crippen LogP) is 1.41. The third-order valence-electron chi connectivity index (χ3n) is 4.12. The van der Waals surface area contributed by atoms with Gasteiger partial charge in [-0.15, -0.1) is 0 Å². The van der Waals surface area contributed by atoms with Crippen LogP contribution in [0, 0.1) is 0 Å². The zero-order chi connectivity index (χ0) is 15.5. The van der Waals surface area contributed by atoms with Crippen LogP contribution < -0.4 is 5.73 Å². The first kappa shape index (κ1) is 15.0. The van der Waals surface area contributed by atoms with Gasteiger partial charge in [-0.25, -0.2) is 0 Å². The monoisotopic (exact) mass is 300 g/mol. The largest absolute Gasteiger partial charge is 0.370 e. The predicted molar refractivity (Wildman–Crippen MR) is 84.0 cm³/mol. The van der Waals surface area contributed by atoms with Crippen LogP contribution in [0.2, 0.25) is 0 Å². The van der Waals surface area contributed by atoms with Crippen molar-refractivity contribution in [3.05, 3.63) is 48.0 Å². The number of aliphatic hydroxyl groups is 1. The van der Waals surface area contributed by atoms with Crippen molar-refractivity contribution < 1.29 is 14.6 Å². The van der Waals surface area contributed by atoms with Crippen molar-refractivity contribution in [1.29, 1.82) is 0 Å². The van der Waals surface area contributed by atoms with Crippen LogP contribution in [0.4, 0.5) is 0 Å². The number of benzene rings is 2. The molecule has 3 rings (SSSR count). The molecule has 1 aliphatic heterocycles. The van der Waals surface area contributed by atoms with E-state index >= 15 is 0 Å². The molecule has 1 amide bonds. The van der Waals surface area contributed by atoms with E-state index in [0.717, 1.165) is 16.3 Å². The minimum atomic E-state index is -0.910. The highest BCUT2D eigenvalue weighted by molar-refractivity contribution is 5.86. The molecule has 2 aromatic carbocycles. The minimum Gasteiger partial charge on any atom is -0.370 e. The number of carbonyl (C=O) groups excluding carboxylic acids is 1. The Hall–Kier alpha value is -1.95. The number of carbonyl (C=O) groups is 1. The van der Waals surface area contributed by atoms with Crippen LogP contribution in [0.15, 0.2) is 42.5 Å². The standard InChI is InChI=1S/C17H20N2O3/c18-15(20)8-9-19-10-11-22-17(21)16(19)14-7-3-5-12-4-1-2-6-13(12)14/h1-7,16-17,21H,8-11H2,(H2,18,20). The van der Waals surface area contributed by atoms with Gasteiger partial charge in [0.05, 0.1) is 12.6 Å². The number of hydrogen-bond acceptors (Lipinski definition) is 4. The number of morpholine rings is 1. The number of nitrogens with two attached hydrogens (primary N) is 1. The molecule has 116 valence electrons. The fourth-order valence-corrected chi connectivity index (χ4v) is 3.06. The van der Waals surface area contributed by atoms with Crippen molar-refractivity contribution in [2.24, 2.45) is 5.73 Å². The van der Waals surface area contributed by atoms with Crippen LogP contribution in [0.5, 0.6) is 0 Å². The summed E-state index contributed by atoms with van der Waals surface area (Å²) in [6.07, 6.45) is -0.638. The Balaban J connectivity index is 1.98. The maximum atomic E-state index is 11.1. The van der Waals surface area contributed by atoms with Crippen molar-refractivity contribution in [2.75, 3.05) is 19.7 Å². The van der Waals surface area contributed by atoms with E-state index in [2.05, 4.69) is 4.90 Å². The number of fused-ring (bicyclic) bond motifs is 1. The summed E-state index contributed by atoms with van der Waals surface area (Å²) in [5, 5.41) is 12.5. The van der Waals surface area contributed by atoms with Gasteiger partial charge in [-0.1, -0.05) is 42.5 Å². The van der Waals surface area contributed by atoms with Gasteiger partial charge in [0.15, 0.2) is 6.29 Å². The van der Waals surface area contributed by atoms with Crippen molar-refractivity contribution in [2.45, 2.75) is 18.8 Å². The molecular formula is C17H20N2O3. The second-order valence-electron chi connectivity index (χ2n) is 5.53. The van der Waals surface area contributed by atoms with Gasteiger partial charge in [0.1, 0.15) is 0 Å². The number of ether oxygens (including phenoxy) is 1. The lowest BCUT2D eigenvalue weighted by molar-refractivity contribution is -0.182. The zero-order valence-electron chi connectivity index (χ0n) is 12.3. The third-order valence-corrected chi connectivity index (χ3v) is 4.12. The Labute approximate surface area is 129 Å². The first-order valence-corrected chi connectivity index (χ1v) is 7.46. The van der Waals surface area contributed by atoms with E-state index in [0.29, 0.717) is 19.7 Å². The molecule has 2 atom stereocenters. The lowest BCUT2D eigenvalue weighted by Crippen LogP contribution is -2.46. The third kappa shape index (κ3) is 2.97. The van der Waals surface area contributed by atoms with Gasteiger partial charge < -0.3 is 15.6 Å². The number of nitrogens with zero attached hydrogens (tertiary/aromatic N) is 1. The Morgan fingerprint density at radius 1 is 1.27 bits per heavy atom. The number of aliphatic hydroxyl groups excluding tert-OH is 1. The first-order chi connectivity index (χ1) is 10.7. The van der Waals surface area contributed by atoms with Crippen molar-refractivity contribution in [3.63, 3.8) is 0 Å². The molecular weight excluding hydrogens is 280 g/mol. The summed E-state index contributed by atoms with van der Waals surface area (Å²) in [4.78, 5) is 13.2. The van der Waals surface area contributed by atoms with Gasteiger partial charge in [0, 0.05) is 19.5 Å². The van der Waals surface area contributed by atoms with Gasteiger partial charge in [0.25, 0.3) is 0 Å². The average Bonchev–Trinajstić information content (AvgIpc) is 2.52. The summed E-state index contributed by atoms with van der Waals surface area (Å²) in [6.45, 7) is 1.63. The van der Waals surface area contributed by atoms with Crippen molar-refractivity contribution >= 4 is 16.7 Å². The molecule has 0 radical (unpaired) electrons. The highest BCUT2D eigenvalue weighted by Gasteiger charge is 2.33. The summed E-state index contributed by atoms with van der Waals surface area (Å²) in [6, 6.07) is 13.8. The summed E-state index contributed by atoms with van der Waals surface area (Å²) in [5.74, 6) is -0.336. The lowest BCUT2D eigenvalue weighted by Gasteiger charge is -2.39. The molecule has 5 nitrogen and oxygen atoms in total. The van der Waals surface area contributed by atoms with E-state index in [1.807, 2.05) is 42.5 Å². The smallest absolute Gasteiger partial charge is 0.218 e. The van der Waals surface area contributed by atoms with Gasteiger partial charge >= 0.3 is 0 Å². The van der Waals surface area contributed by atoms with E-state index in [9.17, 15) is 9.90 Å². The summed E-state index contributed by atoms with van der Waals surface area (Å²) < 4.78 is 5.43. The van der Waals surface area contributed by atoms with E-state index in [-0.39, 0.29) is 18.4 Å². The molecule has 2 aromatic rings. The van der Waals surface area contributed by atoms with Crippen LogP contribution >= 0.6 is 0 Å². The molecule has 0 aliphatic carbocycles. The molecule has 1 aliphatic rings. The number of amides is 1. The Kier molecular flexibility index (Phi) is 4.38. The van der Waals surface area contributed by atoms with Crippen LogP contribution in [0.3, 0.4) is 0 Å². The van der Waals surface area contributed by atoms with E-state index < -0.39 is 6.29 Å². The fourth-order valence-electron chi connectivity index (χ4n) is 3.06. The Bertz CT molecular complexity index is 669. The average molecular weight is 300 g/mol. The van der Waals surface area contributed by atoms with Crippen molar-refractivity contribution in [1.82, 2.24) is 4.90 Å². The van der Waals surface area contributed by atoms with Crippen LogP contribution in [-0.2, 0) is 9.53 Å². The van der Waals surface area contributed by atoms with Crippen LogP contribution in [-0.4, -0.2) is 41.9 Å². The zero-order valence-corrected chi connectivity index (χ0v) is 12.3. The maximum absolute atomic E-state index is 11.1. The summed E-state index contributed by atoms with van der Waals surface area (Å²) >= 11 is 0. The van der Waals surface area contributed by atoms with Crippen molar-refractivity contribution in [3.8, 4) is 0 Å². The Morgan fingerprint density at radius 2 is 2.05 bits per heavy atom. The molecule has 5 heteroatoms. The molecule has 2 unspecified atom stereocenters. The molecule has 1 fully saturated rings. The molecule has 0 aromatic heterocycles. The maximum Gasteiger partial charge on any atom is 0.218 e. The summed E-state index contributed by atoms with van der Waals surface area (Å²) in [5.41, 5.74) is 6.27. The normalized spacial score (nSPS) is 22.8. The van der Waals surface area contributed by atoms with Crippen LogP contribution in [0.25, 0.3) is 10.8 Å². The Morgan fingerprint density at radius 3 is 2.86 bits per heavy atom.